The molecule has 0 aromatic carbocycles. The van der Waals surface area contributed by atoms with Crippen molar-refractivity contribution in [3.63, 3.8) is 0 Å². The third-order valence-corrected chi connectivity index (χ3v) is 4.51. The number of nitrogens with one attached hydrogen (secondary N) is 2. The first kappa shape index (κ1) is 12.6. The lowest BCUT2D eigenvalue weighted by Gasteiger charge is -2.10. The predicted molar refractivity (Wildman–Crippen MR) is 66.2 cm³/mol. The van der Waals surface area contributed by atoms with Gasteiger partial charge in [0.15, 0.2) is 0 Å². The van der Waals surface area contributed by atoms with Crippen LogP contribution in [0.3, 0.4) is 0 Å². The molecule has 5 nitrogen and oxygen atoms in total. The van der Waals surface area contributed by atoms with Crippen LogP contribution in [0.1, 0.15) is 19.3 Å². The number of nitrogens with zero attached hydrogens (tertiary/aromatic N) is 1. The molecule has 0 radical (unpaired) electrons. The monoisotopic (exact) mass is 257 g/mol. The van der Waals surface area contributed by atoms with E-state index in [9.17, 15) is 8.42 Å². The van der Waals surface area contributed by atoms with Crippen LogP contribution >= 0.6 is 0 Å². The van der Waals surface area contributed by atoms with Gasteiger partial charge in [-0.3, -0.25) is 0 Å². The molecule has 2 N–H and O–H groups in total. The molecule has 1 aliphatic rings. The standard InChI is InChI=1S/C11H19N3O2S/c1-14-8-5-11(9-14)17(15,16)13-7-4-10-3-2-6-12-10/h5,8-10,12-13H,2-4,6-7H2,1H3/t10-/m1/s1. The van der Waals surface area contributed by atoms with E-state index >= 15 is 0 Å². The number of hydrogen-bond donors (Lipinski definition) is 2. The molecule has 6 heteroatoms. The highest BCUT2D eigenvalue weighted by Gasteiger charge is 2.17. The van der Waals surface area contributed by atoms with Crippen molar-refractivity contribution in [1.29, 1.82) is 0 Å². The average Bonchev–Trinajstić information content (AvgIpc) is 2.89. The number of aromatic nitrogens is 1. The first-order valence-electron chi connectivity index (χ1n) is 5.93. The van der Waals surface area contributed by atoms with Crippen LogP contribution in [0.25, 0.3) is 0 Å². The highest BCUT2D eigenvalue weighted by Crippen LogP contribution is 2.10. The lowest BCUT2D eigenvalue weighted by molar-refractivity contribution is 0.539. The molecule has 0 amide bonds. The Hall–Kier alpha value is -0.850. The fourth-order valence-electron chi connectivity index (χ4n) is 2.09. The van der Waals surface area contributed by atoms with Crippen LogP contribution in [0, 0.1) is 0 Å². The highest BCUT2D eigenvalue weighted by atomic mass is 32.2. The van der Waals surface area contributed by atoms with Crippen molar-refractivity contribution in [3.8, 4) is 0 Å². The molecule has 1 atom stereocenters. The Labute approximate surface area is 102 Å². The smallest absolute Gasteiger partial charge is 0.242 e. The summed E-state index contributed by atoms with van der Waals surface area (Å²) in [5.74, 6) is 0. The van der Waals surface area contributed by atoms with Gasteiger partial charge in [-0.1, -0.05) is 0 Å². The van der Waals surface area contributed by atoms with Crippen LogP contribution in [0.15, 0.2) is 23.4 Å². The Morgan fingerprint density at radius 2 is 2.41 bits per heavy atom. The quantitative estimate of drug-likeness (QED) is 0.805. The van der Waals surface area contributed by atoms with Gasteiger partial charge in [-0.25, -0.2) is 13.1 Å². The fourth-order valence-corrected chi connectivity index (χ4v) is 3.19. The van der Waals surface area contributed by atoms with Crippen molar-refractivity contribution >= 4 is 10.0 Å². The largest absolute Gasteiger partial charge is 0.356 e. The van der Waals surface area contributed by atoms with Crippen LogP contribution in [-0.4, -0.2) is 32.1 Å². The second-order valence-corrected chi connectivity index (χ2v) is 6.26. The molecule has 0 spiro atoms. The maximum absolute atomic E-state index is 11.9. The Balaban J connectivity index is 1.85. The molecule has 1 fully saturated rings. The van der Waals surface area contributed by atoms with E-state index in [0.29, 0.717) is 17.5 Å². The van der Waals surface area contributed by atoms with E-state index in [1.165, 1.54) is 6.42 Å². The Morgan fingerprint density at radius 3 is 3.00 bits per heavy atom. The lowest BCUT2D eigenvalue weighted by Crippen LogP contribution is -2.30. The van der Waals surface area contributed by atoms with E-state index in [1.807, 2.05) is 7.05 Å². The average molecular weight is 257 g/mol. The Kier molecular flexibility index (Phi) is 3.86. The number of rotatable bonds is 5. The molecule has 2 heterocycles. The molecule has 0 aliphatic carbocycles. The van der Waals surface area contributed by atoms with Crippen molar-refractivity contribution in [2.75, 3.05) is 13.1 Å². The first-order valence-corrected chi connectivity index (χ1v) is 7.41. The molecule has 1 aliphatic heterocycles. The van der Waals surface area contributed by atoms with Gasteiger partial charge in [0, 0.05) is 32.0 Å². The van der Waals surface area contributed by atoms with E-state index in [0.717, 1.165) is 19.4 Å². The zero-order valence-electron chi connectivity index (χ0n) is 10.0. The Bertz CT molecular complexity index is 461. The molecular formula is C11H19N3O2S. The highest BCUT2D eigenvalue weighted by molar-refractivity contribution is 7.89. The fraction of sp³-hybridized carbons (Fsp3) is 0.636. The van der Waals surface area contributed by atoms with Crippen molar-refractivity contribution in [1.82, 2.24) is 14.6 Å². The van der Waals surface area contributed by atoms with Crippen molar-refractivity contribution in [3.05, 3.63) is 18.5 Å². The van der Waals surface area contributed by atoms with Crippen molar-refractivity contribution in [2.24, 2.45) is 7.05 Å². The van der Waals surface area contributed by atoms with Gasteiger partial charge in [-0.15, -0.1) is 0 Å². The molecule has 0 unspecified atom stereocenters. The maximum Gasteiger partial charge on any atom is 0.242 e. The van der Waals surface area contributed by atoms with Crippen LogP contribution in [0.4, 0.5) is 0 Å². The minimum atomic E-state index is -3.33. The second kappa shape index (κ2) is 5.20. The third-order valence-electron chi connectivity index (χ3n) is 3.06. The first-order chi connectivity index (χ1) is 8.08. The van der Waals surface area contributed by atoms with Crippen LogP contribution < -0.4 is 10.0 Å². The predicted octanol–water partition coefficient (Wildman–Crippen LogP) is 0.445. The van der Waals surface area contributed by atoms with Gasteiger partial charge in [0.2, 0.25) is 10.0 Å². The summed E-state index contributed by atoms with van der Waals surface area (Å²) < 4.78 is 28.1. The van der Waals surface area contributed by atoms with Gasteiger partial charge in [0.25, 0.3) is 0 Å². The summed E-state index contributed by atoms with van der Waals surface area (Å²) in [5, 5.41) is 3.35. The van der Waals surface area contributed by atoms with Gasteiger partial charge < -0.3 is 9.88 Å². The lowest BCUT2D eigenvalue weighted by atomic mass is 10.2. The van der Waals surface area contributed by atoms with E-state index in [-0.39, 0.29) is 0 Å². The van der Waals surface area contributed by atoms with Crippen LogP contribution in [-0.2, 0) is 17.1 Å². The summed E-state index contributed by atoms with van der Waals surface area (Å²) in [4.78, 5) is 0.333. The van der Waals surface area contributed by atoms with Crippen LogP contribution in [0.2, 0.25) is 0 Å². The molecule has 0 saturated carbocycles. The second-order valence-electron chi connectivity index (χ2n) is 4.49. The molecule has 2 rings (SSSR count). The summed E-state index contributed by atoms with van der Waals surface area (Å²) in [7, 11) is -1.52. The van der Waals surface area contributed by atoms with Crippen LogP contribution in [0.5, 0.6) is 0 Å². The van der Waals surface area contributed by atoms with Gasteiger partial charge in [-0.2, -0.15) is 0 Å². The summed E-state index contributed by atoms with van der Waals surface area (Å²) in [6, 6.07) is 2.07. The molecule has 17 heavy (non-hydrogen) atoms. The van der Waals surface area contributed by atoms with Crippen molar-refractivity contribution < 1.29 is 8.42 Å². The Morgan fingerprint density at radius 1 is 1.59 bits per heavy atom. The normalized spacial score (nSPS) is 20.9. The molecule has 0 bridgehead atoms. The minimum absolute atomic E-state index is 0.333. The zero-order valence-corrected chi connectivity index (χ0v) is 10.8. The van der Waals surface area contributed by atoms with E-state index in [1.54, 1.807) is 23.0 Å². The molecule has 1 aromatic rings. The summed E-state index contributed by atoms with van der Waals surface area (Å²) in [5.41, 5.74) is 0. The molecule has 96 valence electrons. The van der Waals surface area contributed by atoms with E-state index < -0.39 is 10.0 Å². The number of hydrogen-bond acceptors (Lipinski definition) is 3. The number of aryl methyl sites for hydroxylation is 1. The minimum Gasteiger partial charge on any atom is -0.356 e. The maximum atomic E-state index is 11.9. The van der Waals surface area contributed by atoms with Crippen molar-refractivity contribution in [2.45, 2.75) is 30.2 Å². The van der Waals surface area contributed by atoms with Gasteiger partial charge in [0.1, 0.15) is 0 Å². The number of sulfonamides is 1. The topological polar surface area (TPSA) is 63.1 Å². The summed E-state index contributed by atoms with van der Waals surface area (Å²) in [6.45, 7) is 1.55. The summed E-state index contributed by atoms with van der Waals surface area (Å²) in [6.07, 6.45) is 6.53. The van der Waals surface area contributed by atoms with Gasteiger partial charge >= 0.3 is 0 Å². The molecular weight excluding hydrogens is 238 g/mol. The SMILES string of the molecule is Cn1ccc(S(=O)(=O)NCC[C@H]2CCCN2)c1. The van der Waals surface area contributed by atoms with Gasteiger partial charge in [0.05, 0.1) is 4.90 Å². The van der Waals surface area contributed by atoms with E-state index in [4.69, 9.17) is 0 Å². The third kappa shape index (κ3) is 3.31. The summed E-state index contributed by atoms with van der Waals surface area (Å²) >= 11 is 0. The zero-order chi connectivity index (χ0) is 12.3. The molecule has 1 saturated heterocycles. The molecule has 1 aromatic heterocycles. The van der Waals surface area contributed by atoms with Gasteiger partial charge in [-0.05, 0) is 31.9 Å². The van der Waals surface area contributed by atoms with E-state index in [2.05, 4.69) is 10.0 Å².